The highest BCUT2D eigenvalue weighted by molar-refractivity contribution is 5.50. The van der Waals surface area contributed by atoms with Gasteiger partial charge in [0.25, 0.3) is 0 Å². The van der Waals surface area contributed by atoms with Gasteiger partial charge in [-0.05, 0) is 56.6 Å². The Labute approximate surface area is 197 Å². The van der Waals surface area contributed by atoms with Crippen LogP contribution in [0.1, 0.15) is 63.4 Å². The largest absolute Gasteiger partial charge is 0.469 e. The summed E-state index contributed by atoms with van der Waals surface area (Å²) in [7, 11) is 0. The Kier molecular flexibility index (Phi) is 9.36. The van der Waals surface area contributed by atoms with Crippen LogP contribution in [0.4, 0.5) is 0 Å². The van der Waals surface area contributed by atoms with E-state index in [-0.39, 0.29) is 36.9 Å². The summed E-state index contributed by atoms with van der Waals surface area (Å²) in [6.45, 7) is 1.40. The van der Waals surface area contributed by atoms with Crippen molar-refractivity contribution in [2.75, 3.05) is 13.2 Å². The Morgan fingerprint density at radius 2 is 1.76 bits per heavy atom. The zero-order valence-electron chi connectivity index (χ0n) is 19.5. The molecule has 1 aromatic carbocycles. The molecular weight excluding hydrogens is 420 g/mol. The summed E-state index contributed by atoms with van der Waals surface area (Å²) in [5, 5.41) is 10.9. The number of aldehydes is 1. The normalized spacial score (nSPS) is 33.1. The summed E-state index contributed by atoms with van der Waals surface area (Å²) in [6, 6.07) is 10.4. The molecule has 6 atom stereocenters. The lowest BCUT2D eigenvalue weighted by Crippen LogP contribution is -2.34. The molecule has 3 fully saturated rings. The quantitative estimate of drug-likeness (QED) is 0.410. The fraction of sp³-hybridized carbons (Fsp3) is 0.667. The van der Waals surface area contributed by atoms with Crippen molar-refractivity contribution in [3.05, 3.63) is 47.7 Å². The van der Waals surface area contributed by atoms with Crippen LogP contribution >= 0.6 is 0 Å². The number of aliphatic hydroxyl groups excluding tert-OH is 1. The van der Waals surface area contributed by atoms with Crippen LogP contribution in [0.5, 0.6) is 0 Å². The highest BCUT2D eigenvalue weighted by Gasteiger charge is 2.47. The highest BCUT2D eigenvalue weighted by atomic mass is 16.7. The number of allylic oxidation sites excluding steroid dienone is 1. The van der Waals surface area contributed by atoms with E-state index in [0.717, 1.165) is 63.4 Å². The molecular formula is C27H38O6. The van der Waals surface area contributed by atoms with Crippen molar-refractivity contribution in [1.29, 1.82) is 0 Å². The number of aryl methyl sites for hydroxylation is 1. The van der Waals surface area contributed by atoms with Gasteiger partial charge in [-0.3, -0.25) is 0 Å². The molecule has 2 heterocycles. The Balaban J connectivity index is 1.54. The van der Waals surface area contributed by atoms with E-state index in [2.05, 4.69) is 18.2 Å². The maximum Gasteiger partial charge on any atom is 0.199 e. The standard InChI is InChI=1S/C27H38O6/c28-16-15-21-22(29)19-24(33-26-14-5-7-18-31-26)27(21)23(32-25-13-4-6-17-30-25)12-8-11-20-9-2-1-3-10-20/h1-3,9-10,12,16,21-22,24-27,29H,4-8,11,13-15,17-19H2/t21-,22+,24+,25?,26?,27+/m1/s1. The van der Waals surface area contributed by atoms with Crippen molar-refractivity contribution in [3.63, 3.8) is 0 Å². The molecule has 1 saturated carbocycles. The van der Waals surface area contributed by atoms with Crippen LogP contribution in [0.15, 0.2) is 42.2 Å². The van der Waals surface area contributed by atoms with E-state index >= 15 is 0 Å². The number of ether oxygens (including phenoxy) is 4. The van der Waals surface area contributed by atoms with Crippen LogP contribution < -0.4 is 0 Å². The molecule has 1 aromatic rings. The molecule has 1 N–H and O–H groups in total. The zero-order valence-corrected chi connectivity index (χ0v) is 19.5. The van der Waals surface area contributed by atoms with Crippen LogP contribution in [-0.4, -0.2) is 49.4 Å². The van der Waals surface area contributed by atoms with Gasteiger partial charge in [-0.15, -0.1) is 0 Å². The molecule has 33 heavy (non-hydrogen) atoms. The fourth-order valence-electron chi connectivity index (χ4n) is 5.28. The van der Waals surface area contributed by atoms with Gasteiger partial charge < -0.3 is 28.8 Å². The minimum Gasteiger partial charge on any atom is -0.469 e. The molecule has 6 heteroatoms. The molecule has 2 aliphatic heterocycles. The molecule has 0 bridgehead atoms. The second-order valence-corrected chi connectivity index (χ2v) is 9.41. The summed E-state index contributed by atoms with van der Waals surface area (Å²) in [5.41, 5.74) is 1.27. The van der Waals surface area contributed by atoms with Crippen LogP contribution in [0.3, 0.4) is 0 Å². The Hall–Kier alpha value is -1.73. The highest BCUT2D eigenvalue weighted by Crippen LogP contribution is 2.43. The summed E-state index contributed by atoms with van der Waals surface area (Å²) in [4.78, 5) is 11.5. The number of hydrogen-bond acceptors (Lipinski definition) is 6. The SMILES string of the molecule is O=CC[C@H]1[C@@H](C(=CCCc2ccccc2)OC2CCCCO2)[C@@H](OC2CCCCO2)C[C@@H]1O. The summed E-state index contributed by atoms with van der Waals surface area (Å²) >= 11 is 0. The predicted molar refractivity (Wildman–Crippen MR) is 124 cm³/mol. The molecule has 182 valence electrons. The Morgan fingerprint density at radius 3 is 2.42 bits per heavy atom. The number of rotatable bonds is 10. The van der Waals surface area contributed by atoms with Gasteiger partial charge in [-0.2, -0.15) is 0 Å². The number of carbonyl (C=O) groups excluding carboxylic acids is 1. The Bertz CT molecular complexity index is 738. The van der Waals surface area contributed by atoms with Crippen molar-refractivity contribution in [1.82, 2.24) is 0 Å². The molecule has 0 aromatic heterocycles. The zero-order chi connectivity index (χ0) is 22.9. The van der Waals surface area contributed by atoms with E-state index in [0.29, 0.717) is 19.6 Å². The molecule has 2 saturated heterocycles. The van der Waals surface area contributed by atoms with E-state index in [1.165, 1.54) is 5.56 Å². The first-order valence-electron chi connectivity index (χ1n) is 12.7. The van der Waals surface area contributed by atoms with Gasteiger partial charge in [0.05, 0.1) is 18.8 Å². The van der Waals surface area contributed by atoms with Gasteiger partial charge in [0.2, 0.25) is 0 Å². The van der Waals surface area contributed by atoms with E-state index in [9.17, 15) is 9.90 Å². The molecule has 3 aliphatic rings. The number of benzene rings is 1. The van der Waals surface area contributed by atoms with Gasteiger partial charge in [0, 0.05) is 37.7 Å². The first-order chi connectivity index (χ1) is 16.2. The van der Waals surface area contributed by atoms with Crippen LogP contribution in [0.25, 0.3) is 0 Å². The average molecular weight is 459 g/mol. The minimum atomic E-state index is -0.609. The lowest BCUT2D eigenvalue weighted by molar-refractivity contribution is -0.201. The Morgan fingerprint density at radius 1 is 1.03 bits per heavy atom. The van der Waals surface area contributed by atoms with Gasteiger partial charge in [0.15, 0.2) is 12.6 Å². The molecule has 1 aliphatic carbocycles. The minimum absolute atomic E-state index is 0.197. The lowest BCUT2D eigenvalue weighted by Gasteiger charge is -2.33. The van der Waals surface area contributed by atoms with Crippen molar-refractivity contribution < 1.29 is 28.8 Å². The molecule has 2 unspecified atom stereocenters. The third-order valence-corrected chi connectivity index (χ3v) is 7.02. The first kappa shape index (κ1) is 24.4. The smallest absolute Gasteiger partial charge is 0.199 e. The van der Waals surface area contributed by atoms with Crippen molar-refractivity contribution in [2.24, 2.45) is 11.8 Å². The van der Waals surface area contributed by atoms with E-state index in [1.807, 2.05) is 18.2 Å². The van der Waals surface area contributed by atoms with E-state index in [4.69, 9.17) is 18.9 Å². The van der Waals surface area contributed by atoms with E-state index in [1.54, 1.807) is 0 Å². The van der Waals surface area contributed by atoms with Gasteiger partial charge in [0.1, 0.15) is 12.0 Å². The number of hydrogen-bond donors (Lipinski definition) is 1. The maximum atomic E-state index is 11.5. The van der Waals surface area contributed by atoms with Gasteiger partial charge in [-0.25, -0.2) is 0 Å². The molecule has 0 amide bonds. The summed E-state index contributed by atoms with van der Waals surface area (Å²) in [5.74, 6) is 0.363. The topological polar surface area (TPSA) is 74.2 Å². The second-order valence-electron chi connectivity index (χ2n) is 9.41. The van der Waals surface area contributed by atoms with Gasteiger partial charge in [-0.1, -0.05) is 30.3 Å². The van der Waals surface area contributed by atoms with Crippen molar-refractivity contribution >= 4 is 6.29 Å². The van der Waals surface area contributed by atoms with Crippen LogP contribution in [0.2, 0.25) is 0 Å². The monoisotopic (exact) mass is 458 g/mol. The summed E-state index contributed by atoms with van der Waals surface area (Å²) in [6.07, 6.45) is 10.0. The third-order valence-electron chi connectivity index (χ3n) is 7.02. The average Bonchev–Trinajstić information content (AvgIpc) is 3.15. The molecule has 4 rings (SSSR count). The van der Waals surface area contributed by atoms with Crippen LogP contribution in [0, 0.1) is 11.8 Å². The van der Waals surface area contributed by atoms with Crippen LogP contribution in [-0.2, 0) is 30.2 Å². The molecule has 0 spiro atoms. The molecule has 6 nitrogen and oxygen atoms in total. The summed E-state index contributed by atoms with van der Waals surface area (Å²) < 4.78 is 24.5. The third kappa shape index (κ3) is 6.89. The van der Waals surface area contributed by atoms with Crippen molar-refractivity contribution in [3.8, 4) is 0 Å². The number of carbonyl (C=O) groups is 1. The second kappa shape index (κ2) is 12.7. The fourth-order valence-corrected chi connectivity index (χ4v) is 5.28. The molecule has 0 radical (unpaired) electrons. The number of aliphatic hydroxyl groups is 1. The van der Waals surface area contributed by atoms with Crippen molar-refractivity contribution in [2.45, 2.75) is 89.0 Å². The lowest BCUT2D eigenvalue weighted by atomic mass is 9.88. The van der Waals surface area contributed by atoms with Gasteiger partial charge >= 0.3 is 0 Å². The predicted octanol–water partition coefficient (Wildman–Crippen LogP) is 4.54. The van der Waals surface area contributed by atoms with E-state index < -0.39 is 6.10 Å². The first-order valence-corrected chi connectivity index (χ1v) is 12.7. The maximum absolute atomic E-state index is 11.5.